The van der Waals surface area contributed by atoms with E-state index in [0.717, 1.165) is 0 Å². The van der Waals surface area contributed by atoms with Gasteiger partial charge in [-0.15, -0.1) is 0 Å². The molecule has 2 heterocycles. The molecule has 1 aliphatic rings. The van der Waals surface area contributed by atoms with Crippen molar-refractivity contribution >= 4 is 29.5 Å². The van der Waals surface area contributed by atoms with Crippen LogP contribution in [0.3, 0.4) is 0 Å². The summed E-state index contributed by atoms with van der Waals surface area (Å²) in [6, 6.07) is -4.19. The van der Waals surface area contributed by atoms with Gasteiger partial charge in [0.2, 0.25) is 29.5 Å². The van der Waals surface area contributed by atoms with Gasteiger partial charge in [-0.2, -0.15) is 0 Å². The number of nitrogens with two attached hydrogens (primary N) is 3. The lowest BCUT2D eigenvalue weighted by Crippen LogP contribution is -2.58. The number of amides is 5. The number of unbranched alkanes of at least 4 members (excludes halogenated alkanes) is 1. The van der Waals surface area contributed by atoms with Crippen LogP contribution in [0, 0.1) is 0 Å². The highest BCUT2D eigenvalue weighted by atomic mass is 16.3. The Kier molecular flexibility index (Phi) is 11.9. The minimum atomic E-state index is -1.28. The summed E-state index contributed by atoms with van der Waals surface area (Å²) in [6.07, 6.45) is 5.31. The molecule has 0 saturated carbocycles. The molecule has 1 saturated heterocycles. The molecule has 0 bridgehead atoms. The molecule has 1 aromatic rings. The van der Waals surface area contributed by atoms with E-state index in [1.807, 2.05) is 0 Å². The third-order valence-corrected chi connectivity index (χ3v) is 6.06. The maximum atomic E-state index is 13.5. The van der Waals surface area contributed by atoms with Crippen LogP contribution in [-0.4, -0.2) is 99.9 Å². The fourth-order valence-electron chi connectivity index (χ4n) is 4.08. The number of aliphatic hydroxyl groups excluding tert-OH is 1. The highest BCUT2D eigenvalue weighted by Gasteiger charge is 2.39. The summed E-state index contributed by atoms with van der Waals surface area (Å²) < 4.78 is 0. The van der Waals surface area contributed by atoms with Gasteiger partial charge in [0.05, 0.1) is 19.5 Å². The zero-order valence-electron chi connectivity index (χ0n) is 20.7. The molecule has 0 radical (unpaired) electrons. The Morgan fingerprint density at radius 3 is 2.46 bits per heavy atom. The van der Waals surface area contributed by atoms with Crippen LogP contribution >= 0.6 is 0 Å². The van der Waals surface area contributed by atoms with Crippen molar-refractivity contribution in [3.05, 3.63) is 18.2 Å². The second-order valence-corrected chi connectivity index (χ2v) is 8.79. The Bertz CT molecular complexity index is 926. The van der Waals surface area contributed by atoms with Crippen molar-refractivity contribution in [3.8, 4) is 0 Å². The zero-order valence-corrected chi connectivity index (χ0v) is 20.7. The molecule has 0 unspecified atom stereocenters. The molecule has 0 spiro atoms. The third kappa shape index (κ3) is 8.80. The number of nitrogens with one attached hydrogen (secondary N) is 4. The molecule has 1 fully saturated rings. The summed E-state index contributed by atoms with van der Waals surface area (Å²) in [5, 5.41) is 16.9. The van der Waals surface area contributed by atoms with Crippen LogP contribution in [0.25, 0.3) is 0 Å². The molecule has 206 valence electrons. The van der Waals surface area contributed by atoms with E-state index in [2.05, 4.69) is 25.9 Å². The van der Waals surface area contributed by atoms with Crippen molar-refractivity contribution in [2.75, 3.05) is 26.2 Å². The van der Waals surface area contributed by atoms with Gasteiger partial charge in [-0.1, -0.05) is 0 Å². The topological polar surface area (TPSA) is 252 Å². The summed E-state index contributed by atoms with van der Waals surface area (Å²) >= 11 is 0. The van der Waals surface area contributed by atoms with Crippen LogP contribution in [-0.2, 0) is 30.4 Å². The number of aliphatic hydroxyl groups is 1. The second kappa shape index (κ2) is 14.9. The monoisotopic (exact) mass is 523 g/mol. The number of hydrogen-bond donors (Lipinski definition) is 8. The smallest absolute Gasteiger partial charge is 0.245 e. The number of aromatic amines is 1. The molecule has 5 amide bonds. The van der Waals surface area contributed by atoms with Crippen LogP contribution in [0.4, 0.5) is 0 Å². The number of nitrogens with zero attached hydrogens (tertiary/aromatic N) is 2. The molecule has 1 aromatic heterocycles. The van der Waals surface area contributed by atoms with Crippen LogP contribution in [0.15, 0.2) is 12.5 Å². The maximum absolute atomic E-state index is 13.5. The summed E-state index contributed by atoms with van der Waals surface area (Å²) in [5.74, 6) is -3.15. The quantitative estimate of drug-likeness (QED) is 0.104. The molecule has 15 nitrogen and oxygen atoms in total. The zero-order chi connectivity index (χ0) is 27.4. The lowest BCUT2D eigenvalue weighted by molar-refractivity contribution is -0.142. The first-order chi connectivity index (χ1) is 17.7. The molecule has 1 aliphatic heterocycles. The van der Waals surface area contributed by atoms with Crippen molar-refractivity contribution in [2.45, 2.75) is 62.7 Å². The minimum Gasteiger partial charge on any atom is -0.394 e. The number of hydrogen-bond acceptors (Lipinski definition) is 9. The average Bonchev–Trinajstić information content (AvgIpc) is 3.57. The molecule has 11 N–H and O–H groups in total. The van der Waals surface area contributed by atoms with E-state index in [4.69, 9.17) is 17.2 Å². The van der Waals surface area contributed by atoms with E-state index in [9.17, 15) is 29.1 Å². The molecule has 4 atom stereocenters. The van der Waals surface area contributed by atoms with Gasteiger partial charge in [-0.25, -0.2) is 4.98 Å². The number of primary amides is 1. The van der Waals surface area contributed by atoms with E-state index in [1.165, 1.54) is 17.4 Å². The van der Waals surface area contributed by atoms with E-state index in [0.29, 0.717) is 37.9 Å². The van der Waals surface area contributed by atoms with E-state index in [-0.39, 0.29) is 25.9 Å². The fourth-order valence-corrected chi connectivity index (χ4v) is 4.08. The third-order valence-electron chi connectivity index (χ3n) is 6.06. The van der Waals surface area contributed by atoms with Crippen molar-refractivity contribution < 1.29 is 29.1 Å². The number of imidazole rings is 1. The maximum Gasteiger partial charge on any atom is 0.245 e. The SMILES string of the molecule is NCCCC[C@H](NC(=O)[C@H](Cc1cnc[nH]1)NC(=O)CN)C(=O)N1CCC[C@H]1C(=O)N[C@@H](CO)C(N)=O. The van der Waals surface area contributed by atoms with Crippen molar-refractivity contribution in [2.24, 2.45) is 17.2 Å². The number of aromatic nitrogens is 2. The normalized spacial score (nSPS) is 17.5. The standard InChI is InChI=1S/C22H37N9O6/c23-6-2-1-4-14(29-20(35)15(28-18(33)9-24)8-13-10-26-12-27-13)22(37)31-7-3-5-17(31)21(36)30-16(11-32)19(25)34/h10,12,14-17,32H,1-9,11,23-24H2,(H2,25,34)(H,26,27)(H,28,33)(H,29,35)(H,30,36)/t14-,15-,16-,17-/m0/s1. The Hall–Kier alpha value is -3.56. The Labute approximate surface area is 214 Å². The van der Waals surface area contributed by atoms with Crippen LogP contribution < -0.4 is 33.2 Å². The minimum absolute atomic E-state index is 0.0890. The van der Waals surface area contributed by atoms with Crippen molar-refractivity contribution in [1.29, 1.82) is 0 Å². The molecule has 0 aliphatic carbocycles. The molecule has 2 rings (SSSR count). The van der Waals surface area contributed by atoms with Gasteiger partial charge in [0.25, 0.3) is 0 Å². The highest BCUT2D eigenvalue weighted by molar-refractivity contribution is 5.95. The predicted molar refractivity (Wildman–Crippen MR) is 131 cm³/mol. The lowest BCUT2D eigenvalue weighted by Gasteiger charge is -2.30. The average molecular weight is 524 g/mol. The Morgan fingerprint density at radius 2 is 1.86 bits per heavy atom. The predicted octanol–water partition coefficient (Wildman–Crippen LogP) is -4.04. The number of likely N-dealkylation sites (tertiary alicyclic amines) is 1. The van der Waals surface area contributed by atoms with Gasteiger partial charge in [-0.05, 0) is 38.6 Å². The summed E-state index contributed by atoms with van der Waals surface area (Å²) in [5.41, 5.74) is 16.8. The number of carbonyl (C=O) groups excluding carboxylic acids is 5. The highest BCUT2D eigenvalue weighted by Crippen LogP contribution is 2.20. The van der Waals surface area contributed by atoms with Gasteiger partial charge in [0.1, 0.15) is 24.2 Å². The first-order valence-corrected chi connectivity index (χ1v) is 12.2. The van der Waals surface area contributed by atoms with Gasteiger partial charge in [-0.3, -0.25) is 24.0 Å². The second-order valence-electron chi connectivity index (χ2n) is 8.79. The van der Waals surface area contributed by atoms with E-state index in [1.54, 1.807) is 0 Å². The van der Waals surface area contributed by atoms with Gasteiger partial charge < -0.3 is 48.1 Å². The largest absolute Gasteiger partial charge is 0.394 e. The van der Waals surface area contributed by atoms with Crippen molar-refractivity contribution in [3.63, 3.8) is 0 Å². The van der Waals surface area contributed by atoms with E-state index < -0.39 is 60.3 Å². The number of rotatable bonds is 15. The van der Waals surface area contributed by atoms with Gasteiger partial charge in [0.15, 0.2) is 0 Å². The molecular weight excluding hydrogens is 486 g/mol. The van der Waals surface area contributed by atoms with Gasteiger partial charge >= 0.3 is 0 Å². The Morgan fingerprint density at radius 1 is 1.11 bits per heavy atom. The van der Waals surface area contributed by atoms with Crippen LogP contribution in [0.5, 0.6) is 0 Å². The molecule has 0 aromatic carbocycles. The van der Waals surface area contributed by atoms with Crippen molar-refractivity contribution in [1.82, 2.24) is 30.8 Å². The summed E-state index contributed by atoms with van der Waals surface area (Å²) in [6.45, 7) is -0.335. The number of carbonyl (C=O) groups is 5. The summed E-state index contributed by atoms with van der Waals surface area (Å²) in [7, 11) is 0. The molecule has 37 heavy (non-hydrogen) atoms. The first kappa shape index (κ1) is 29.7. The fraction of sp³-hybridized carbons (Fsp3) is 0.636. The number of H-pyrrole nitrogens is 1. The first-order valence-electron chi connectivity index (χ1n) is 12.2. The lowest BCUT2D eigenvalue weighted by atomic mass is 10.0. The molecular formula is C22H37N9O6. The van der Waals surface area contributed by atoms with Crippen LogP contribution in [0.1, 0.15) is 37.8 Å². The van der Waals surface area contributed by atoms with Crippen LogP contribution in [0.2, 0.25) is 0 Å². The Balaban J connectivity index is 2.19. The van der Waals surface area contributed by atoms with E-state index >= 15 is 0 Å². The molecule has 15 heteroatoms. The van der Waals surface area contributed by atoms with Gasteiger partial charge in [0, 0.05) is 24.9 Å². The summed E-state index contributed by atoms with van der Waals surface area (Å²) in [4.78, 5) is 71.0.